The second-order valence-electron chi connectivity index (χ2n) is 4.47. The first kappa shape index (κ1) is 16.3. The molecule has 2 rings (SSSR count). The molecule has 0 radical (unpaired) electrons. The summed E-state index contributed by atoms with van der Waals surface area (Å²) in [6.07, 6.45) is 2.58. The summed E-state index contributed by atoms with van der Waals surface area (Å²) in [5.41, 5.74) is 0.744. The van der Waals surface area contributed by atoms with Crippen molar-refractivity contribution < 1.29 is 9.53 Å². The van der Waals surface area contributed by atoms with Gasteiger partial charge < -0.3 is 15.4 Å². The molecule has 0 bridgehead atoms. The van der Waals surface area contributed by atoms with E-state index in [-0.39, 0.29) is 18.3 Å². The van der Waals surface area contributed by atoms with E-state index in [0.29, 0.717) is 12.3 Å². The van der Waals surface area contributed by atoms with Crippen LogP contribution in [0.15, 0.2) is 22.7 Å². The summed E-state index contributed by atoms with van der Waals surface area (Å²) >= 11 is 3.37. The Hall–Kier alpha value is -0.780. The lowest BCUT2D eigenvalue weighted by molar-refractivity contribution is -0.115. The van der Waals surface area contributed by atoms with Crippen LogP contribution in [-0.2, 0) is 4.79 Å². The maximum Gasteiger partial charge on any atom is 0.238 e. The second kappa shape index (κ2) is 7.72. The predicted molar refractivity (Wildman–Crippen MR) is 82.2 cm³/mol. The highest BCUT2D eigenvalue weighted by molar-refractivity contribution is 9.10. The first-order valence-electron chi connectivity index (χ1n) is 6.03. The number of halogens is 2. The minimum Gasteiger partial charge on any atom is -0.495 e. The number of hydrogen-bond donors (Lipinski definition) is 2. The molecule has 0 aromatic heterocycles. The van der Waals surface area contributed by atoms with Gasteiger partial charge in [-0.3, -0.25) is 4.79 Å². The number of rotatable bonds is 6. The van der Waals surface area contributed by atoms with E-state index in [1.54, 1.807) is 13.2 Å². The van der Waals surface area contributed by atoms with Crippen molar-refractivity contribution in [3.8, 4) is 5.75 Å². The quantitative estimate of drug-likeness (QED) is 0.830. The number of carbonyl (C=O) groups is 1. The molecule has 19 heavy (non-hydrogen) atoms. The Bertz CT molecular complexity index is 439. The predicted octanol–water partition coefficient (Wildman–Crippen LogP) is 2.82. The van der Waals surface area contributed by atoms with E-state index in [2.05, 4.69) is 26.6 Å². The molecule has 6 heteroatoms. The SMILES string of the molecule is COc1cc(NC(=O)CNCC2CC2)ccc1Br.Cl. The van der Waals surface area contributed by atoms with Crippen LogP contribution >= 0.6 is 28.3 Å². The van der Waals surface area contributed by atoms with Gasteiger partial charge in [0.1, 0.15) is 5.75 Å². The summed E-state index contributed by atoms with van der Waals surface area (Å²) < 4.78 is 6.04. The van der Waals surface area contributed by atoms with E-state index in [4.69, 9.17) is 4.74 Å². The standard InChI is InChI=1S/C13H17BrN2O2.ClH/c1-18-12-6-10(4-5-11(12)14)16-13(17)8-15-7-9-2-3-9;/h4-6,9,15H,2-3,7-8H2,1H3,(H,16,17);1H. The van der Waals surface area contributed by atoms with Gasteiger partial charge in [-0.25, -0.2) is 0 Å². The van der Waals surface area contributed by atoms with Crippen molar-refractivity contribution in [1.82, 2.24) is 5.32 Å². The summed E-state index contributed by atoms with van der Waals surface area (Å²) in [7, 11) is 1.60. The van der Waals surface area contributed by atoms with Crippen LogP contribution in [0.5, 0.6) is 5.75 Å². The van der Waals surface area contributed by atoms with Crippen LogP contribution in [0.25, 0.3) is 0 Å². The zero-order chi connectivity index (χ0) is 13.0. The highest BCUT2D eigenvalue weighted by Crippen LogP contribution is 2.28. The van der Waals surface area contributed by atoms with Crippen molar-refractivity contribution in [1.29, 1.82) is 0 Å². The Morgan fingerprint density at radius 2 is 2.21 bits per heavy atom. The van der Waals surface area contributed by atoms with Gasteiger partial charge in [0.25, 0.3) is 0 Å². The summed E-state index contributed by atoms with van der Waals surface area (Å²) in [6.45, 7) is 1.30. The minimum atomic E-state index is -0.0278. The summed E-state index contributed by atoms with van der Waals surface area (Å²) in [5, 5.41) is 5.99. The van der Waals surface area contributed by atoms with Crippen molar-refractivity contribution in [3.63, 3.8) is 0 Å². The van der Waals surface area contributed by atoms with Crippen LogP contribution < -0.4 is 15.4 Å². The molecule has 0 atom stereocenters. The monoisotopic (exact) mass is 348 g/mol. The number of nitrogens with one attached hydrogen (secondary N) is 2. The highest BCUT2D eigenvalue weighted by Gasteiger charge is 2.20. The first-order chi connectivity index (χ1) is 8.69. The van der Waals surface area contributed by atoms with Gasteiger partial charge in [0.2, 0.25) is 5.91 Å². The third-order valence-corrected chi connectivity index (χ3v) is 3.51. The maximum atomic E-state index is 11.7. The van der Waals surface area contributed by atoms with Crippen LogP contribution in [-0.4, -0.2) is 26.1 Å². The molecule has 106 valence electrons. The van der Waals surface area contributed by atoms with Gasteiger partial charge in [-0.2, -0.15) is 0 Å². The molecule has 1 saturated carbocycles. The third kappa shape index (κ3) is 5.38. The fourth-order valence-electron chi connectivity index (χ4n) is 1.65. The van der Waals surface area contributed by atoms with E-state index >= 15 is 0 Å². The van der Waals surface area contributed by atoms with Crippen molar-refractivity contribution >= 4 is 39.9 Å². The van der Waals surface area contributed by atoms with Crippen LogP contribution in [0, 0.1) is 5.92 Å². The second-order valence-corrected chi connectivity index (χ2v) is 5.33. The topological polar surface area (TPSA) is 50.4 Å². The smallest absolute Gasteiger partial charge is 0.238 e. The average Bonchev–Trinajstić information content (AvgIpc) is 3.15. The van der Waals surface area contributed by atoms with Gasteiger partial charge >= 0.3 is 0 Å². The molecule has 0 saturated heterocycles. The maximum absolute atomic E-state index is 11.7. The molecule has 0 spiro atoms. The van der Waals surface area contributed by atoms with E-state index in [1.807, 2.05) is 12.1 Å². The Kier molecular flexibility index (Phi) is 6.62. The first-order valence-corrected chi connectivity index (χ1v) is 6.82. The molecule has 2 N–H and O–H groups in total. The molecule has 1 aromatic rings. The van der Waals surface area contributed by atoms with Crippen LogP contribution in [0.2, 0.25) is 0 Å². The Balaban J connectivity index is 0.00000180. The van der Waals surface area contributed by atoms with E-state index in [0.717, 1.165) is 22.6 Å². The number of amides is 1. The molecule has 4 nitrogen and oxygen atoms in total. The number of anilines is 1. The number of carbonyl (C=O) groups excluding carboxylic acids is 1. The molecule has 1 fully saturated rings. The largest absolute Gasteiger partial charge is 0.495 e. The van der Waals surface area contributed by atoms with Crippen molar-refractivity contribution in [2.45, 2.75) is 12.8 Å². The Labute approximate surface area is 127 Å². The lowest BCUT2D eigenvalue weighted by Crippen LogP contribution is -2.29. The Morgan fingerprint density at radius 3 is 2.84 bits per heavy atom. The van der Waals surface area contributed by atoms with Crippen molar-refractivity contribution in [2.75, 3.05) is 25.5 Å². The fourth-order valence-corrected chi connectivity index (χ4v) is 2.06. The number of hydrogen-bond acceptors (Lipinski definition) is 3. The normalized spacial score (nSPS) is 13.6. The molecular formula is C13H18BrClN2O2. The van der Waals surface area contributed by atoms with E-state index < -0.39 is 0 Å². The van der Waals surface area contributed by atoms with Crippen LogP contribution in [0.3, 0.4) is 0 Å². The number of methoxy groups -OCH3 is 1. The fraction of sp³-hybridized carbons (Fsp3) is 0.462. The summed E-state index contributed by atoms with van der Waals surface area (Å²) in [5.74, 6) is 1.46. The number of benzene rings is 1. The zero-order valence-corrected chi connectivity index (χ0v) is 13.1. The molecule has 0 heterocycles. The minimum absolute atomic E-state index is 0. The molecular weight excluding hydrogens is 332 g/mol. The highest BCUT2D eigenvalue weighted by atomic mass is 79.9. The average molecular weight is 350 g/mol. The van der Waals surface area contributed by atoms with Gasteiger partial charge in [0, 0.05) is 11.8 Å². The number of ether oxygens (including phenoxy) is 1. The Morgan fingerprint density at radius 1 is 1.47 bits per heavy atom. The van der Waals surface area contributed by atoms with E-state index in [1.165, 1.54) is 12.8 Å². The van der Waals surface area contributed by atoms with Gasteiger partial charge in [-0.05, 0) is 53.4 Å². The van der Waals surface area contributed by atoms with Gasteiger partial charge in [0.05, 0.1) is 18.1 Å². The summed E-state index contributed by atoms with van der Waals surface area (Å²) in [6, 6.07) is 5.49. The third-order valence-electron chi connectivity index (χ3n) is 2.85. The van der Waals surface area contributed by atoms with Crippen molar-refractivity contribution in [3.05, 3.63) is 22.7 Å². The zero-order valence-electron chi connectivity index (χ0n) is 10.7. The molecule has 0 unspecified atom stereocenters. The van der Waals surface area contributed by atoms with Crippen molar-refractivity contribution in [2.24, 2.45) is 5.92 Å². The molecule has 1 aromatic carbocycles. The van der Waals surface area contributed by atoms with E-state index in [9.17, 15) is 4.79 Å². The van der Waals surface area contributed by atoms with Gasteiger partial charge in [-0.1, -0.05) is 0 Å². The molecule has 1 aliphatic carbocycles. The summed E-state index contributed by atoms with van der Waals surface area (Å²) in [4.78, 5) is 11.7. The lowest BCUT2D eigenvalue weighted by atomic mass is 10.3. The van der Waals surface area contributed by atoms with Crippen LogP contribution in [0.1, 0.15) is 12.8 Å². The van der Waals surface area contributed by atoms with Crippen LogP contribution in [0.4, 0.5) is 5.69 Å². The lowest BCUT2D eigenvalue weighted by Gasteiger charge is -2.09. The van der Waals surface area contributed by atoms with Gasteiger partial charge in [-0.15, -0.1) is 12.4 Å². The molecule has 1 aliphatic rings. The van der Waals surface area contributed by atoms with Gasteiger partial charge in [0.15, 0.2) is 0 Å². The molecule has 1 amide bonds. The molecule has 0 aliphatic heterocycles.